The van der Waals surface area contributed by atoms with Gasteiger partial charge in [-0.25, -0.2) is 18.9 Å². The van der Waals surface area contributed by atoms with Crippen molar-refractivity contribution in [3.05, 3.63) is 94.1 Å². The third kappa shape index (κ3) is 5.09. The first kappa shape index (κ1) is 22.8. The molecule has 10 heteroatoms. The first-order valence-electron chi connectivity index (χ1n) is 11.1. The molecule has 2 amide bonds. The highest BCUT2D eigenvalue weighted by atomic mass is 35.5. The first-order chi connectivity index (χ1) is 17.0. The number of fused-ring (bicyclic) bond motifs is 1. The van der Waals surface area contributed by atoms with Gasteiger partial charge in [0, 0.05) is 36.3 Å². The number of anilines is 1. The summed E-state index contributed by atoms with van der Waals surface area (Å²) >= 11 is 5.91. The molecule has 0 radical (unpaired) electrons. The van der Waals surface area contributed by atoms with Gasteiger partial charge < -0.3 is 15.0 Å². The second kappa shape index (κ2) is 9.71. The summed E-state index contributed by atoms with van der Waals surface area (Å²) in [6, 6.07) is 16.6. The number of carbonyl (C=O) groups excluding carboxylic acids is 1. The van der Waals surface area contributed by atoms with Crippen molar-refractivity contribution in [1.29, 1.82) is 0 Å². The fourth-order valence-corrected chi connectivity index (χ4v) is 3.99. The normalized spacial score (nSPS) is 12.8. The third-order valence-corrected chi connectivity index (χ3v) is 6.04. The lowest BCUT2D eigenvalue weighted by atomic mass is 10.1. The Hall–Kier alpha value is -3.98. The molecule has 0 atom stereocenters. The molecule has 8 nitrogen and oxygen atoms in total. The summed E-state index contributed by atoms with van der Waals surface area (Å²) < 4.78 is 20.9. The van der Waals surface area contributed by atoms with Crippen molar-refractivity contribution in [2.45, 2.75) is 26.5 Å². The molecule has 35 heavy (non-hydrogen) atoms. The highest BCUT2D eigenvalue weighted by Crippen LogP contribution is 2.23. The molecule has 1 aliphatic heterocycles. The van der Waals surface area contributed by atoms with Gasteiger partial charge in [-0.1, -0.05) is 22.9 Å². The van der Waals surface area contributed by atoms with E-state index in [-0.39, 0.29) is 18.5 Å². The number of nitrogens with one attached hydrogen (secondary N) is 1. The van der Waals surface area contributed by atoms with Crippen LogP contribution in [0.5, 0.6) is 5.88 Å². The molecule has 0 bridgehead atoms. The van der Waals surface area contributed by atoms with E-state index in [1.807, 2.05) is 13.0 Å². The molecule has 3 heterocycles. The summed E-state index contributed by atoms with van der Waals surface area (Å²) in [7, 11) is 0. The average Bonchev–Trinajstić information content (AvgIpc) is 3.24. The molecule has 1 N–H and O–H groups in total. The number of halogens is 2. The Bertz CT molecular complexity index is 1360. The van der Waals surface area contributed by atoms with Crippen LogP contribution in [0.2, 0.25) is 5.02 Å². The van der Waals surface area contributed by atoms with Crippen molar-refractivity contribution in [3.8, 4) is 11.6 Å². The van der Waals surface area contributed by atoms with Crippen molar-refractivity contribution >= 4 is 23.3 Å². The standard InChI is InChI=1S/C25H22ClFN6O2/c1-16-23(33(31-30-16)21-9-5-19(27)6-10-21)15-35-24-11-2-17-14-32(13-12-22(17)29-24)25(34)28-20-7-3-18(26)4-8-20/h2-11H,12-15H2,1H3,(H,28,34). The van der Waals surface area contributed by atoms with Crippen LogP contribution < -0.4 is 10.1 Å². The minimum absolute atomic E-state index is 0.171. The molecule has 2 aromatic carbocycles. The van der Waals surface area contributed by atoms with Crippen molar-refractivity contribution < 1.29 is 13.9 Å². The maximum Gasteiger partial charge on any atom is 0.322 e. The lowest BCUT2D eigenvalue weighted by molar-refractivity contribution is 0.205. The van der Waals surface area contributed by atoms with Gasteiger partial charge in [0.05, 0.1) is 17.1 Å². The number of aryl methyl sites for hydroxylation is 1. The van der Waals surface area contributed by atoms with E-state index in [1.54, 1.807) is 52.0 Å². The summed E-state index contributed by atoms with van der Waals surface area (Å²) in [5, 5.41) is 11.8. The van der Waals surface area contributed by atoms with Gasteiger partial charge in [-0.2, -0.15) is 0 Å². The Morgan fingerprint density at radius 3 is 2.66 bits per heavy atom. The topological polar surface area (TPSA) is 85.2 Å². The molecule has 5 rings (SSSR count). The van der Waals surface area contributed by atoms with Crippen molar-refractivity contribution in [2.24, 2.45) is 0 Å². The minimum Gasteiger partial charge on any atom is -0.471 e. The smallest absolute Gasteiger partial charge is 0.322 e. The second-order valence-corrected chi connectivity index (χ2v) is 8.60. The largest absolute Gasteiger partial charge is 0.471 e. The summed E-state index contributed by atoms with van der Waals surface area (Å²) in [5.41, 5.74) is 4.73. The number of rotatable bonds is 5. The molecule has 0 saturated heterocycles. The number of pyridine rings is 1. The SMILES string of the molecule is Cc1nnn(-c2ccc(F)cc2)c1COc1ccc2c(n1)CCN(C(=O)Nc1ccc(Cl)cc1)C2. The van der Waals surface area contributed by atoms with E-state index in [0.29, 0.717) is 41.8 Å². The van der Waals surface area contributed by atoms with Crippen LogP contribution in [0.4, 0.5) is 14.9 Å². The Kier molecular flexibility index (Phi) is 6.33. The molecule has 0 saturated carbocycles. The predicted octanol–water partition coefficient (Wildman–Crippen LogP) is 4.93. The lowest BCUT2D eigenvalue weighted by Crippen LogP contribution is -2.39. The molecule has 0 spiro atoms. The van der Waals surface area contributed by atoms with E-state index < -0.39 is 0 Å². The molecule has 2 aromatic heterocycles. The van der Waals surface area contributed by atoms with Gasteiger partial charge in [0.1, 0.15) is 18.1 Å². The highest BCUT2D eigenvalue weighted by molar-refractivity contribution is 6.30. The Labute approximate surface area is 206 Å². The fraction of sp³-hybridized carbons (Fsp3) is 0.200. The number of carbonyl (C=O) groups is 1. The number of aromatic nitrogens is 4. The van der Waals surface area contributed by atoms with Gasteiger partial charge in [-0.15, -0.1) is 5.10 Å². The molecule has 0 fully saturated rings. The molecular formula is C25H22ClFN6O2. The average molecular weight is 493 g/mol. The number of benzene rings is 2. The van der Waals surface area contributed by atoms with Crippen LogP contribution in [0.25, 0.3) is 5.69 Å². The maximum atomic E-state index is 13.3. The number of nitrogens with zero attached hydrogens (tertiary/aromatic N) is 5. The van der Waals surface area contributed by atoms with Crippen molar-refractivity contribution in [1.82, 2.24) is 24.9 Å². The number of hydrogen-bond donors (Lipinski definition) is 1. The molecule has 178 valence electrons. The van der Waals surface area contributed by atoms with Crippen LogP contribution in [0.1, 0.15) is 22.6 Å². The zero-order chi connectivity index (χ0) is 24.4. The maximum absolute atomic E-state index is 13.3. The molecule has 0 unspecified atom stereocenters. The fourth-order valence-electron chi connectivity index (χ4n) is 3.86. The predicted molar refractivity (Wildman–Crippen MR) is 129 cm³/mol. The summed E-state index contributed by atoms with van der Waals surface area (Å²) in [6.07, 6.45) is 0.620. The number of urea groups is 1. The highest BCUT2D eigenvalue weighted by Gasteiger charge is 2.22. The van der Waals surface area contributed by atoms with Crippen LogP contribution in [-0.2, 0) is 19.6 Å². The van der Waals surface area contributed by atoms with Gasteiger partial charge in [-0.3, -0.25) is 0 Å². The van der Waals surface area contributed by atoms with Gasteiger partial charge in [0.15, 0.2) is 0 Å². The Morgan fingerprint density at radius 1 is 1.11 bits per heavy atom. The van der Waals surface area contributed by atoms with Crippen LogP contribution in [0, 0.1) is 12.7 Å². The van der Waals surface area contributed by atoms with E-state index in [0.717, 1.165) is 22.6 Å². The van der Waals surface area contributed by atoms with E-state index in [4.69, 9.17) is 16.3 Å². The van der Waals surface area contributed by atoms with E-state index in [9.17, 15) is 9.18 Å². The zero-order valence-corrected chi connectivity index (χ0v) is 19.7. The van der Waals surface area contributed by atoms with E-state index in [2.05, 4.69) is 20.6 Å². The third-order valence-electron chi connectivity index (χ3n) is 5.79. The van der Waals surface area contributed by atoms with Crippen LogP contribution in [0.15, 0.2) is 60.7 Å². The number of amides is 2. The van der Waals surface area contributed by atoms with Crippen LogP contribution in [-0.4, -0.2) is 37.5 Å². The van der Waals surface area contributed by atoms with Crippen LogP contribution >= 0.6 is 11.6 Å². The van der Waals surface area contributed by atoms with Crippen LogP contribution in [0.3, 0.4) is 0 Å². The minimum atomic E-state index is -0.317. The van der Waals surface area contributed by atoms with Gasteiger partial charge >= 0.3 is 6.03 Å². The summed E-state index contributed by atoms with van der Waals surface area (Å²) in [6.45, 7) is 3.05. The molecule has 0 aliphatic carbocycles. The molecule has 1 aliphatic rings. The summed E-state index contributed by atoms with van der Waals surface area (Å²) in [4.78, 5) is 19.1. The first-order valence-corrected chi connectivity index (χ1v) is 11.4. The van der Waals surface area contributed by atoms with E-state index in [1.165, 1.54) is 12.1 Å². The second-order valence-electron chi connectivity index (χ2n) is 8.16. The number of hydrogen-bond acceptors (Lipinski definition) is 5. The zero-order valence-electron chi connectivity index (χ0n) is 18.9. The summed E-state index contributed by atoms with van der Waals surface area (Å²) in [5.74, 6) is 0.164. The van der Waals surface area contributed by atoms with E-state index >= 15 is 0 Å². The van der Waals surface area contributed by atoms with Gasteiger partial charge in [-0.05, 0) is 61.0 Å². The van der Waals surface area contributed by atoms with Gasteiger partial charge in [0.25, 0.3) is 0 Å². The molecule has 4 aromatic rings. The number of ether oxygens (including phenoxy) is 1. The lowest BCUT2D eigenvalue weighted by Gasteiger charge is -2.28. The quantitative estimate of drug-likeness (QED) is 0.427. The Morgan fingerprint density at radius 2 is 1.89 bits per heavy atom. The van der Waals surface area contributed by atoms with Gasteiger partial charge in [0.2, 0.25) is 5.88 Å². The monoisotopic (exact) mass is 492 g/mol. The molecular weight excluding hydrogens is 471 g/mol. The Balaban J connectivity index is 1.24. The van der Waals surface area contributed by atoms with Crippen molar-refractivity contribution in [3.63, 3.8) is 0 Å². The van der Waals surface area contributed by atoms with Crippen molar-refractivity contribution in [2.75, 3.05) is 11.9 Å².